The summed E-state index contributed by atoms with van der Waals surface area (Å²) in [6.45, 7) is 2.08. The second-order valence-electron chi connectivity index (χ2n) is 2.44. The molecule has 0 bridgehead atoms. The number of benzene rings is 1. The Kier molecular flexibility index (Phi) is 3.48. The second-order valence-corrected chi connectivity index (χ2v) is 4.31. The average molecular weight is 344 g/mol. The molecule has 58 valence electrons. The zero-order valence-corrected chi connectivity index (χ0v) is 10.2. The van der Waals surface area contributed by atoms with Gasteiger partial charge in [0.2, 0.25) is 0 Å². The van der Waals surface area contributed by atoms with Crippen LogP contribution < -0.4 is 3.27 Å². The zero-order valence-electron chi connectivity index (χ0n) is 6.74. The summed E-state index contributed by atoms with van der Waals surface area (Å²) in [4.78, 5) is 0. The molecule has 0 aliphatic rings. The van der Waals surface area contributed by atoms with E-state index in [1.165, 1.54) is 33.6 Å². The summed E-state index contributed by atoms with van der Waals surface area (Å²) in [5.41, 5.74) is 1.32. The Balaban J connectivity index is 2.93. The molecule has 1 unspecified atom stereocenters. The molecule has 0 heterocycles. The monoisotopic (exact) mass is 344 g/mol. The fourth-order valence-electron chi connectivity index (χ4n) is 0.958. The van der Waals surface area contributed by atoms with Crippen LogP contribution >= 0.6 is 0 Å². The quantitative estimate of drug-likeness (QED) is 0.733. The summed E-state index contributed by atoms with van der Waals surface area (Å²) in [7, 11) is 1.75. The van der Waals surface area contributed by atoms with Gasteiger partial charge in [-0.05, 0) is 0 Å². The van der Waals surface area contributed by atoms with Crippen molar-refractivity contribution in [3.8, 4) is 0 Å². The Hall–Kier alpha value is 0.0631. The van der Waals surface area contributed by atoms with Crippen LogP contribution in [0, 0.1) is 0 Å². The average Bonchev–Trinajstić information content (AvgIpc) is 2.04. The summed E-state index contributed by atoms with van der Waals surface area (Å²) in [6.07, 6.45) is 0.233. The van der Waals surface area contributed by atoms with Crippen LogP contribution in [-0.2, 0) is 4.74 Å². The summed E-state index contributed by atoms with van der Waals surface area (Å²) in [5.74, 6) is 0. The van der Waals surface area contributed by atoms with Crippen LogP contribution in [0.3, 0.4) is 0 Å². The Morgan fingerprint density at radius 1 is 1.36 bits per heavy atom. The first-order valence-electron chi connectivity index (χ1n) is 3.56. The van der Waals surface area contributed by atoms with Gasteiger partial charge in [-0.2, -0.15) is 0 Å². The molecule has 0 amide bonds. The molecule has 1 rings (SSSR count). The molecule has 11 heavy (non-hydrogen) atoms. The first-order chi connectivity index (χ1) is 5.25. The van der Waals surface area contributed by atoms with E-state index in [2.05, 4.69) is 31.2 Å². The number of ether oxygens (including phenoxy) is 1. The van der Waals surface area contributed by atoms with Crippen molar-refractivity contribution >= 4 is 28.0 Å². The maximum atomic E-state index is 5.23. The predicted molar refractivity (Wildman–Crippen MR) is 47.3 cm³/mol. The topological polar surface area (TPSA) is 9.23 Å². The van der Waals surface area contributed by atoms with E-state index in [9.17, 15) is 0 Å². The van der Waals surface area contributed by atoms with Gasteiger partial charge in [0.1, 0.15) is 0 Å². The third-order valence-corrected chi connectivity index (χ3v) is 3.31. The van der Waals surface area contributed by atoms with Gasteiger partial charge in [-0.3, -0.25) is 0 Å². The molecule has 0 N–H and O–H groups in total. The first-order valence-corrected chi connectivity index (χ1v) is 5.30. The molecular weight excluding hydrogens is 333 g/mol. The standard InChI is InChI=1S/C9H11O.Bi/c1-8(10-2)9-6-4-3-5-7-9;/h3-6,8H,1-2H3;. The van der Waals surface area contributed by atoms with Crippen molar-refractivity contribution < 1.29 is 4.74 Å². The van der Waals surface area contributed by atoms with E-state index in [-0.39, 0.29) is 6.10 Å². The number of rotatable bonds is 2. The molecule has 0 saturated heterocycles. The van der Waals surface area contributed by atoms with Crippen LogP contribution in [-0.4, -0.2) is 31.8 Å². The second kappa shape index (κ2) is 4.18. The molecule has 0 saturated carbocycles. The van der Waals surface area contributed by atoms with Gasteiger partial charge in [0.15, 0.2) is 0 Å². The Morgan fingerprint density at radius 2 is 2.00 bits per heavy atom. The van der Waals surface area contributed by atoms with Crippen LogP contribution in [0.2, 0.25) is 0 Å². The number of hydrogen-bond donors (Lipinski definition) is 0. The molecule has 1 nitrogen and oxygen atoms in total. The minimum absolute atomic E-state index is 0.233. The molecule has 0 aliphatic carbocycles. The summed E-state index contributed by atoms with van der Waals surface area (Å²) >= 11 is 1.30. The molecule has 0 fully saturated rings. The molecule has 1 atom stereocenters. The van der Waals surface area contributed by atoms with Crippen molar-refractivity contribution in [3.63, 3.8) is 0 Å². The number of hydrogen-bond acceptors (Lipinski definition) is 1. The van der Waals surface area contributed by atoms with E-state index in [0.29, 0.717) is 0 Å². The predicted octanol–water partition coefficient (Wildman–Crippen LogP) is 1.19. The van der Waals surface area contributed by atoms with E-state index in [0.717, 1.165) is 0 Å². The Labute approximate surface area is 82.6 Å². The minimum atomic E-state index is 0.233. The van der Waals surface area contributed by atoms with Crippen LogP contribution in [0.15, 0.2) is 24.3 Å². The number of methoxy groups -OCH3 is 1. The Morgan fingerprint density at radius 3 is 2.55 bits per heavy atom. The third kappa shape index (κ3) is 2.25. The third-order valence-electron chi connectivity index (χ3n) is 1.73. The van der Waals surface area contributed by atoms with Gasteiger partial charge >= 0.3 is 82.7 Å². The molecule has 1 aromatic carbocycles. The van der Waals surface area contributed by atoms with Gasteiger partial charge in [0, 0.05) is 0 Å². The van der Waals surface area contributed by atoms with Gasteiger partial charge in [0.25, 0.3) is 0 Å². The van der Waals surface area contributed by atoms with Crippen molar-refractivity contribution in [3.05, 3.63) is 29.8 Å². The van der Waals surface area contributed by atoms with E-state index < -0.39 is 0 Å². The first kappa shape index (κ1) is 9.15. The summed E-state index contributed by atoms with van der Waals surface area (Å²) < 4.78 is 6.64. The Bertz CT molecular complexity index is 235. The summed E-state index contributed by atoms with van der Waals surface area (Å²) in [6, 6.07) is 8.41. The van der Waals surface area contributed by atoms with Gasteiger partial charge in [-0.1, -0.05) is 0 Å². The van der Waals surface area contributed by atoms with Gasteiger partial charge in [0.05, 0.1) is 0 Å². The maximum absolute atomic E-state index is 5.23. The van der Waals surface area contributed by atoms with E-state index in [1.807, 2.05) is 0 Å². The fraction of sp³-hybridized carbons (Fsp3) is 0.333. The molecule has 2 heteroatoms. The molecule has 0 aromatic heterocycles. The molecule has 0 aliphatic heterocycles. The summed E-state index contributed by atoms with van der Waals surface area (Å²) in [5, 5.41) is 0. The van der Waals surface area contributed by atoms with Crippen LogP contribution in [0.4, 0.5) is 0 Å². The van der Waals surface area contributed by atoms with Gasteiger partial charge in [-0.15, -0.1) is 0 Å². The molecular formula is C9H11BiO. The van der Waals surface area contributed by atoms with Crippen molar-refractivity contribution in [1.29, 1.82) is 0 Å². The van der Waals surface area contributed by atoms with Crippen LogP contribution in [0.5, 0.6) is 0 Å². The fourth-order valence-corrected chi connectivity index (χ4v) is 2.29. The molecule has 0 spiro atoms. The van der Waals surface area contributed by atoms with E-state index in [4.69, 9.17) is 4.74 Å². The molecule has 2 radical (unpaired) electrons. The molecule has 1 aromatic rings. The van der Waals surface area contributed by atoms with Crippen molar-refractivity contribution in [2.24, 2.45) is 0 Å². The van der Waals surface area contributed by atoms with Crippen molar-refractivity contribution in [1.82, 2.24) is 0 Å². The van der Waals surface area contributed by atoms with Gasteiger partial charge in [-0.25, -0.2) is 0 Å². The van der Waals surface area contributed by atoms with Crippen molar-refractivity contribution in [2.45, 2.75) is 13.0 Å². The van der Waals surface area contributed by atoms with Crippen molar-refractivity contribution in [2.75, 3.05) is 7.11 Å². The zero-order chi connectivity index (χ0) is 8.27. The van der Waals surface area contributed by atoms with Crippen LogP contribution in [0.1, 0.15) is 18.6 Å². The SMILES string of the molecule is COC(C)c1cccc[c]1[Bi]. The van der Waals surface area contributed by atoms with Gasteiger partial charge < -0.3 is 0 Å². The van der Waals surface area contributed by atoms with E-state index in [1.54, 1.807) is 7.11 Å². The normalized spacial score (nSPS) is 13.0. The van der Waals surface area contributed by atoms with Crippen LogP contribution in [0.25, 0.3) is 0 Å². The van der Waals surface area contributed by atoms with E-state index >= 15 is 0 Å².